The zero-order valence-corrected chi connectivity index (χ0v) is 49.2. The van der Waals surface area contributed by atoms with Crippen molar-refractivity contribution in [3.8, 4) is 17.1 Å². The van der Waals surface area contributed by atoms with Crippen LogP contribution in [0.25, 0.3) is 49.9 Å². The Morgan fingerprint density at radius 3 is 1.48 bits per heavy atom. The van der Waals surface area contributed by atoms with Crippen molar-refractivity contribution in [3.63, 3.8) is 0 Å². The highest BCUT2D eigenvalue weighted by atomic mass is 35.5. The number of carboxylic acids is 3. The molecule has 442 valence electrons. The summed E-state index contributed by atoms with van der Waals surface area (Å²) in [5.41, 5.74) is 3.76. The lowest BCUT2D eigenvalue weighted by Crippen LogP contribution is -2.08. The number of hydrogen-bond acceptors (Lipinski definition) is 8. The number of halogens is 8. The van der Waals surface area contributed by atoms with Gasteiger partial charge < -0.3 is 24.5 Å². The van der Waals surface area contributed by atoms with Crippen LogP contribution in [0.4, 0.5) is 13.2 Å². The lowest BCUT2D eigenvalue weighted by Gasteiger charge is -2.08. The number of carbonyl (C=O) groups excluding carboxylic acids is 3. The lowest BCUT2D eigenvalue weighted by atomic mass is 9.97. The largest absolute Gasteiger partial charge is 0.478 e. The minimum absolute atomic E-state index is 0.0361. The van der Waals surface area contributed by atoms with Gasteiger partial charge in [0.05, 0.1) is 86.4 Å². The maximum Gasteiger partial charge on any atom is 0.335 e. The molecule has 12 aromatic rings. The van der Waals surface area contributed by atoms with E-state index < -0.39 is 46.9 Å². The van der Waals surface area contributed by atoms with Gasteiger partial charge in [-0.25, -0.2) is 37.2 Å². The van der Waals surface area contributed by atoms with Gasteiger partial charge in [0.1, 0.15) is 23.1 Å². The number of rotatable bonds is 13. The van der Waals surface area contributed by atoms with Crippen LogP contribution in [-0.2, 0) is 0 Å². The number of pyridine rings is 1. The van der Waals surface area contributed by atoms with Crippen LogP contribution in [0.1, 0.15) is 103 Å². The van der Waals surface area contributed by atoms with Crippen molar-refractivity contribution in [1.29, 1.82) is 0 Å². The molecule has 89 heavy (non-hydrogen) atoms. The molecule has 4 aromatic heterocycles. The van der Waals surface area contributed by atoms with Crippen molar-refractivity contribution in [2.45, 2.75) is 18.8 Å². The van der Waals surface area contributed by atoms with Crippen LogP contribution in [0.2, 0.25) is 25.1 Å². The average Bonchev–Trinajstić information content (AvgIpc) is 1.65. The minimum Gasteiger partial charge on any atom is -0.478 e. The molecule has 1 aliphatic carbocycles. The molecule has 0 radical (unpaired) electrons. The molecule has 1 aliphatic rings. The maximum atomic E-state index is 14.7. The van der Waals surface area contributed by atoms with Crippen molar-refractivity contribution >= 4 is 126 Å². The molecule has 0 unspecified atom stereocenters. The van der Waals surface area contributed by atoms with Crippen molar-refractivity contribution in [3.05, 3.63) is 287 Å². The summed E-state index contributed by atoms with van der Waals surface area (Å²) >= 11 is 31.1. The standard InChI is InChI=1S/C23H16ClN3O3.C22H11Cl2F2NO3.C22H12Cl2FNO3/c24-18-5-1-3-16(13-6-7-13)19(18)21(28)20-17-4-2-12-25-22(17)27(26-20)15-10-8-14(9-11-15)23(29)30;23-14-4-2-5-15(24)19(14)21(28)13-10-27(20-12(13)3-1-6-16(20)25)18-8-7-11(22(29)30)9-17(18)26;23-15-5-3-6-16(24)20(15)21(27)14-11-26(18-7-2-1-4-13(14)18)19-9-8-12(22(28)29)10-17(19)25/h1-5,8-13H,6-7H2,(H,29,30);1-10H,(H,29,30);1-11H,(H,28,29). The van der Waals surface area contributed by atoms with Crippen LogP contribution in [0, 0.1) is 17.5 Å². The zero-order chi connectivity index (χ0) is 63.1. The average molecular weight is 1290 g/mol. The number of para-hydroxylation sites is 2. The summed E-state index contributed by atoms with van der Waals surface area (Å²) in [6.07, 6.45) is 6.52. The molecule has 13 rings (SSSR count). The molecular formula is C67H39Cl5F3N5O9. The van der Waals surface area contributed by atoms with Gasteiger partial charge in [-0.1, -0.05) is 113 Å². The third kappa shape index (κ3) is 11.9. The van der Waals surface area contributed by atoms with E-state index in [2.05, 4.69) is 10.1 Å². The van der Waals surface area contributed by atoms with E-state index in [-0.39, 0.29) is 87.2 Å². The highest BCUT2D eigenvalue weighted by Crippen LogP contribution is 2.44. The summed E-state index contributed by atoms with van der Waals surface area (Å²) < 4.78 is 48.3. The number of ketones is 3. The first-order chi connectivity index (χ1) is 42.7. The Kier molecular flexibility index (Phi) is 17.1. The molecule has 22 heteroatoms. The highest BCUT2D eigenvalue weighted by molar-refractivity contribution is 6.42. The Morgan fingerprint density at radius 2 is 0.933 bits per heavy atom. The summed E-state index contributed by atoms with van der Waals surface area (Å²) in [5.74, 6) is -6.64. The predicted octanol–water partition coefficient (Wildman–Crippen LogP) is 17.0. The van der Waals surface area contributed by atoms with Crippen LogP contribution in [0.15, 0.2) is 188 Å². The smallest absolute Gasteiger partial charge is 0.335 e. The topological polar surface area (TPSA) is 204 Å². The highest BCUT2D eigenvalue weighted by Gasteiger charge is 2.32. The van der Waals surface area contributed by atoms with Gasteiger partial charge in [-0.15, -0.1) is 0 Å². The predicted molar refractivity (Wildman–Crippen MR) is 333 cm³/mol. The number of nitrogens with zero attached hydrogens (tertiary/aromatic N) is 5. The first kappa shape index (κ1) is 60.8. The van der Waals surface area contributed by atoms with E-state index in [9.17, 15) is 41.9 Å². The van der Waals surface area contributed by atoms with E-state index in [1.807, 2.05) is 12.1 Å². The van der Waals surface area contributed by atoms with Crippen molar-refractivity contribution in [2.24, 2.45) is 0 Å². The molecule has 0 aliphatic heterocycles. The Bertz CT molecular complexity index is 4890. The first-order valence-corrected chi connectivity index (χ1v) is 28.5. The fourth-order valence-electron chi connectivity index (χ4n) is 10.2. The molecule has 1 saturated carbocycles. The number of carbonyl (C=O) groups is 6. The molecule has 3 N–H and O–H groups in total. The number of benzene rings is 8. The number of carboxylic acid groups (broad SMARTS) is 3. The quantitative estimate of drug-likeness (QED) is 0.0927. The second-order valence-electron chi connectivity index (χ2n) is 20.1. The molecule has 1 fully saturated rings. The summed E-state index contributed by atoms with van der Waals surface area (Å²) in [5, 5.41) is 34.3. The lowest BCUT2D eigenvalue weighted by molar-refractivity contribution is 0.0685. The zero-order valence-electron chi connectivity index (χ0n) is 45.4. The normalized spacial score (nSPS) is 11.9. The Hall–Kier alpha value is -9.88. The summed E-state index contributed by atoms with van der Waals surface area (Å²) in [6.45, 7) is 0. The Morgan fingerprint density at radius 1 is 0.461 bits per heavy atom. The van der Waals surface area contributed by atoms with Gasteiger partial charge in [0, 0.05) is 46.1 Å². The second-order valence-corrected chi connectivity index (χ2v) is 22.1. The number of aromatic nitrogens is 5. The van der Waals surface area contributed by atoms with Crippen molar-refractivity contribution in [1.82, 2.24) is 23.9 Å². The van der Waals surface area contributed by atoms with Gasteiger partial charge in [-0.2, -0.15) is 5.10 Å². The molecule has 8 aromatic carbocycles. The Labute approximate surface area is 526 Å². The molecule has 0 bridgehead atoms. The third-order valence-electron chi connectivity index (χ3n) is 14.6. The maximum absolute atomic E-state index is 14.7. The van der Waals surface area contributed by atoms with Gasteiger partial charge in [0.25, 0.3) is 0 Å². The Balaban J connectivity index is 0.000000138. The second kappa shape index (κ2) is 25.1. The fraction of sp³-hybridized carbons (Fsp3) is 0.0448. The van der Waals surface area contributed by atoms with E-state index in [0.717, 1.165) is 30.5 Å². The van der Waals surface area contributed by atoms with E-state index in [0.29, 0.717) is 49.7 Å². The fourth-order valence-corrected chi connectivity index (χ4v) is 11.6. The van der Waals surface area contributed by atoms with E-state index in [4.69, 9.17) is 73.3 Å². The molecule has 0 atom stereocenters. The number of aromatic carboxylic acids is 3. The summed E-state index contributed by atoms with van der Waals surface area (Å²) in [7, 11) is 0. The van der Waals surface area contributed by atoms with Gasteiger partial charge in [0.15, 0.2) is 17.2 Å². The molecule has 14 nitrogen and oxygen atoms in total. The van der Waals surface area contributed by atoms with Gasteiger partial charge >= 0.3 is 17.9 Å². The van der Waals surface area contributed by atoms with Crippen LogP contribution in [-0.4, -0.2) is 74.5 Å². The van der Waals surface area contributed by atoms with E-state index >= 15 is 0 Å². The van der Waals surface area contributed by atoms with E-state index in [1.54, 1.807) is 89.7 Å². The summed E-state index contributed by atoms with van der Waals surface area (Å²) in [4.78, 5) is 77.7. The third-order valence-corrected chi connectivity index (χ3v) is 16.1. The molecule has 4 heterocycles. The van der Waals surface area contributed by atoms with Crippen LogP contribution in [0.3, 0.4) is 0 Å². The van der Waals surface area contributed by atoms with E-state index in [1.165, 1.54) is 88.3 Å². The number of hydrogen-bond donors (Lipinski definition) is 3. The first-order valence-electron chi connectivity index (χ1n) is 26.7. The molecular weight excluding hydrogens is 1250 g/mol. The van der Waals surface area contributed by atoms with Gasteiger partial charge in [-0.05, 0) is 140 Å². The molecule has 0 spiro atoms. The minimum atomic E-state index is -1.30. The van der Waals surface area contributed by atoms with Crippen molar-refractivity contribution < 1.29 is 57.3 Å². The van der Waals surface area contributed by atoms with Gasteiger partial charge in [-0.3, -0.25) is 14.4 Å². The number of fused-ring (bicyclic) bond motifs is 3. The monoisotopic (exact) mass is 1290 g/mol. The van der Waals surface area contributed by atoms with Crippen molar-refractivity contribution in [2.75, 3.05) is 0 Å². The molecule has 0 saturated heterocycles. The van der Waals surface area contributed by atoms with Crippen LogP contribution in [0.5, 0.6) is 0 Å². The van der Waals surface area contributed by atoms with Crippen LogP contribution < -0.4 is 0 Å². The molecule has 0 amide bonds. The van der Waals surface area contributed by atoms with Crippen LogP contribution >= 0.6 is 58.0 Å². The summed E-state index contributed by atoms with van der Waals surface area (Å²) in [6, 6.07) is 42.8. The van der Waals surface area contributed by atoms with Gasteiger partial charge in [0.2, 0.25) is 5.78 Å². The SMILES string of the molecule is O=C(O)c1ccc(-n2cc(C(=O)c3c(Cl)cccc3Cl)c3cccc(F)c32)c(F)c1.O=C(O)c1ccc(-n2cc(C(=O)c3c(Cl)cccc3Cl)c3ccccc32)c(F)c1.O=C(O)c1ccc(-n2nc(C(=O)c3c(Cl)cccc3C3CC3)c3cccnc32)cc1.